The fraction of sp³-hybridized carbons (Fsp3) is 0.222. The fourth-order valence-electron chi connectivity index (χ4n) is 5.78. The number of piperazine rings is 1. The van der Waals surface area contributed by atoms with Crippen LogP contribution in [0.25, 0.3) is 31.9 Å². The molecule has 14 heteroatoms. The van der Waals surface area contributed by atoms with Crippen molar-refractivity contribution in [1.29, 1.82) is 0 Å². The molecule has 0 bridgehead atoms. The normalized spacial score (nSPS) is 14.9. The molecule has 0 aliphatic carbocycles. The molecule has 0 saturated carbocycles. The molecule has 1 amide bonds. The third kappa shape index (κ3) is 8.09. The summed E-state index contributed by atoms with van der Waals surface area (Å²) < 4.78 is 32.3. The van der Waals surface area contributed by atoms with E-state index in [4.69, 9.17) is 39.2 Å². The van der Waals surface area contributed by atoms with E-state index in [0.717, 1.165) is 43.7 Å². The number of nitrogens with zero attached hydrogens (tertiary/aromatic N) is 4. The van der Waals surface area contributed by atoms with Gasteiger partial charge in [0.25, 0.3) is 11.1 Å². The highest BCUT2D eigenvalue weighted by atomic mass is 35.5. The van der Waals surface area contributed by atoms with Gasteiger partial charge >= 0.3 is 0 Å². The number of carbonyl (C=O) groups excluding carboxylic acids is 2. The molecule has 50 heavy (non-hydrogen) atoms. The lowest BCUT2D eigenvalue weighted by atomic mass is 10.0. The van der Waals surface area contributed by atoms with E-state index in [-0.39, 0.29) is 29.3 Å². The molecule has 0 radical (unpaired) electrons. The van der Waals surface area contributed by atoms with E-state index in [1.165, 1.54) is 46.9 Å². The van der Waals surface area contributed by atoms with E-state index in [1.54, 1.807) is 37.3 Å². The molecule has 1 fully saturated rings. The van der Waals surface area contributed by atoms with Gasteiger partial charge in [-0.3, -0.25) is 9.59 Å². The first-order chi connectivity index (χ1) is 23.9. The van der Waals surface area contributed by atoms with Gasteiger partial charge in [-0.05, 0) is 86.1 Å². The van der Waals surface area contributed by atoms with Crippen LogP contribution < -0.4 is 0 Å². The highest BCUT2D eigenvalue weighted by molar-refractivity contribution is 7.16. The summed E-state index contributed by atoms with van der Waals surface area (Å²) in [4.78, 5) is 39.0. The van der Waals surface area contributed by atoms with Crippen molar-refractivity contribution in [2.24, 2.45) is 0 Å². The number of rotatable bonds is 6. The maximum absolute atomic E-state index is 13.8. The number of furan rings is 1. The van der Waals surface area contributed by atoms with Crippen LogP contribution in [0.15, 0.2) is 71.1 Å². The van der Waals surface area contributed by atoms with Gasteiger partial charge in [0.05, 0.1) is 30.8 Å². The van der Waals surface area contributed by atoms with Crippen molar-refractivity contribution >= 4 is 79.6 Å². The van der Waals surface area contributed by atoms with E-state index < -0.39 is 5.24 Å². The van der Waals surface area contributed by atoms with Crippen molar-refractivity contribution in [3.8, 4) is 20.9 Å². The second-order valence-electron chi connectivity index (χ2n) is 11.7. The molecule has 258 valence electrons. The first-order valence-electron chi connectivity index (χ1n) is 15.4. The molecular weight excluding hydrogens is 745 g/mol. The highest BCUT2D eigenvalue weighted by Gasteiger charge is 2.33. The lowest BCUT2D eigenvalue weighted by molar-refractivity contribution is 0.0489. The van der Waals surface area contributed by atoms with Crippen molar-refractivity contribution in [3.63, 3.8) is 0 Å². The van der Waals surface area contributed by atoms with Gasteiger partial charge in [0.1, 0.15) is 28.8 Å². The monoisotopic (exact) mass is 772 g/mol. The minimum atomic E-state index is -0.594. The molecule has 1 unspecified atom stereocenters. The molecule has 1 atom stereocenters. The first-order valence-corrected chi connectivity index (χ1v) is 18.2. The van der Waals surface area contributed by atoms with Crippen LogP contribution in [0.2, 0.25) is 10.0 Å². The Morgan fingerprint density at radius 3 is 2.00 bits per heavy atom. The predicted octanol–water partition coefficient (Wildman–Crippen LogP) is 9.95. The quantitative estimate of drug-likeness (QED) is 0.157. The molecule has 6 aromatic rings. The zero-order valence-corrected chi connectivity index (χ0v) is 30.9. The Morgan fingerprint density at radius 1 is 0.860 bits per heavy atom. The van der Waals surface area contributed by atoms with E-state index in [9.17, 15) is 18.4 Å². The number of hydrogen-bond donors (Lipinski definition) is 0. The van der Waals surface area contributed by atoms with E-state index in [1.807, 2.05) is 31.0 Å². The standard InChI is InChI=1S/C25H22Cl2FN3O2S.C11H7ClFNOS/c1-14-29-22(24(34-14)15-3-5-18(28)6-4-15)25(32)31-8-7-30(2)13-19(31)12-20-10-16-9-17(26)11-21(27)23(16)33-20;1-6-14-9(11(12)15)10(16-6)7-2-4-8(13)5-3-7/h3-6,9-11,19H,7-8,12-13H2,1-2H3;2-5H,1H3. The molecule has 7 rings (SSSR count). The van der Waals surface area contributed by atoms with Gasteiger partial charge in [0.2, 0.25) is 0 Å². The number of benzene rings is 3. The van der Waals surface area contributed by atoms with Crippen LogP contribution in [-0.2, 0) is 6.42 Å². The lowest BCUT2D eigenvalue weighted by Crippen LogP contribution is -2.55. The van der Waals surface area contributed by atoms with Crippen LogP contribution in [0, 0.1) is 25.5 Å². The van der Waals surface area contributed by atoms with Gasteiger partial charge in [-0.2, -0.15) is 0 Å². The smallest absolute Gasteiger partial charge is 0.274 e. The number of likely N-dealkylation sites (N-methyl/N-ethyl adjacent to an activating group) is 1. The Labute approximate surface area is 310 Å². The van der Waals surface area contributed by atoms with Crippen LogP contribution in [0.3, 0.4) is 0 Å². The zero-order chi connectivity index (χ0) is 35.7. The number of thiazole rings is 2. The molecule has 7 nitrogen and oxygen atoms in total. The van der Waals surface area contributed by atoms with Crippen molar-refractivity contribution in [2.75, 3.05) is 26.7 Å². The molecule has 3 aromatic heterocycles. The molecule has 1 aliphatic rings. The summed E-state index contributed by atoms with van der Waals surface area (Å²) in [5.41, 5.74) is 2.76. The summed E-state index contributed by atoms with van der Waals surface area (Å²) in [7, 11) is 2.04. The topological polar surface area (TPSA) is 79.5 Å². The molecule has 0 spiro atoms. The molecule has 0 N–H and O–H groups in total. The van der Waals surface area contributed by atoms with Crippen LogP contribution in [-0.4, -0.2) is 63.6 Å². The van der Waals surface area contributed by atoms with Crippen LogP contribution >= 0.6 is 57.5 Å². The first kappa shape index (κ1) is 36.1. The summed E-state index contributed by atoms with van der Waals surface area (Å²) in [5.74, 6) is -0.0163. The Morgan fingerprint density at radius 2 is 1.42 bits per heavy atom. The highest BCUT2D eigenvalue weighted by Crippen LogP contribution is 2.34. The number of aromatic nitrogens is 2. The Bertz CT molecular complexity index is 2190. The van der Waals surface area contributed by atoms with Gasteiger partial charge in [0.15, 0.2) is 5.58 Å². The number of carbonyl (C=O) groups is 2. The summed E-state index contributed by atoms with van der Waals surface area (Å²) in [6.45, 7) is 5.71. The lowest BCUT2D eigenvalue weighted by Gasteiger charge is -2.39. The Kier molecular flexibility index (Phi) is 11.0. The second kappa shape index (κ2) is 15.3. The van der Waals surface area contributed by atoms with Gasteiger partial charge < -0.3 is 14.2 Å². The van der Waals surface area contributed by atoms with Crippen molar-refractivity contribution in [2.45, 2.75) is 26.3 Å². The van der Waals surface area contributed by atoms with Gasteiger partial charge in [-0.25, -0.2) is 18.7 Å². The molecule has 1 saturated heterocycles. The predicted molar refractivity (Wildman–Crippen MR) is 197 cm³/mol. The SMILES string of the molecule is Cc1nc(C(=O)Cl)c(-c2ccc(F)cc2)s1.Cc1nc(C(=O)N2CCN(C)CC2Cc2cc3cc(Cl)cc(Cl)c3o2)c(-c2ccc(F)cc2)s1. The Balaban J connectivity index is 0.000000226. The number of amides is 1. The van der Waals surface area contributed by atoms with Crippen LogP contribution in [0.1, 0.15) is 36.8 Å². The third-order valence-corrected chi connectivity index (χ3v) is 10.8. The zero-order valence-electron chi connectivity index (χ0n) is 27.0. The van der Waals surface area contributed by atoms with E-state index in [0.29, 0.717) is 45.7 Å². The van der Waals surface area contributed by atoms with Crippen LogP contribution in [0.4, 0.5) is 8.78 Å². The average molecular weight is 774 g/mol. The van der Waals surface area contributed by atoms with Crippen molar-refractivity contribution < 1.29 is 22.8 Å². The Hall–Kier alpha value is -3.71. The number of halogens is 5. The van der Waals surface area contributed by atoms with Crippen LogP contribution in [0.5, 0.6) is 0 Å². The third-order valence-electron chi connectivity index (χ3n) is 8.04. The fourth-order valence-corrected chi connectivity index (χ4v) is 8.35. The summed E-state index contributed by atoms with van der Waals surface area (Å²) >= 11 is 20.7. The van der Waals surface area contributed by atoms with Crippen molar-refractivity contribution in [1.82, 2.24) is 19.8 Å². The van der Waals surface area contributed by atoms with Crippen molar-refractivity contribution in [3.05, 3.63) is 116 Å². The molecular formula is C36H29Cl3F2N4O3S2. The van der Waals surface area contributed by atoms with Gasteiger partial charge in [0, 0.05) is 36.5 Å². The number of fused-ring (bicyclic) bond motifs is 1. The summed E-state index contributed by atoms with van der Waals surface area (Å²) in [6.07, 6.45) is 0.535. The van der Waals surface area contributed by atoms with E-state index in [2.05, 4.69) is 14.9 Å². The van der Waals surface area contributed by atoms with E-state index >= 15 is 0 Å². The second-order valence-corrected chi connectivity index (χ2v) is 15.3. The summed E-state index contributed by atoms with van der Waals surface area (Å²) in [5, 5.41) is 2.79. The molecule has 1 aliphatic heterocycles. The largest absolute Gasteiger partial charge is 0.459 e. The number of hydrogen-bond acceptors (Lipinski definition) is 8. The minimum absolute atomic E-state index is 0.107. The average Bonchev–Trinajstić information content (AvgIpc) is 3.78. The maximum Gasteiger partial charge on any atom is 0.274 e. The minimum Gasteiger partial charge on any atom is -0.459 e. The summed E-state index contributed by atoms with van der Waals surface area (Å²) in [6, 6.07) is 17.4. The number of aryl methyl sites for hydroxylation is 2. The molecule has 4 heterocycles. The van der Waals surface area contributed by atoms with Gasteiger partial charge in [-0.15, -0.1) is 22.7 Å². The van der Waals surface area contributed by atoms with Gasteiger partial charge in [-0.1, -0.05) is 47.5 Å². The molecule has 3 aromatic carbocycles. The maximum atomic E-state index is 13.8.